The molecule has 0 radical (unpaired) electrons. The highest BCUT2D eigenvalue weighted by atomic mass is 19.1. The standard InChI is InChI=1S/C23H17F2N/c1-26(22-12-5-4-11-20(22)24)23-14-13-17(15-21(23)25)19-10-6-8-16-7-2-3-9-18(16)19/h2-15H,1H3. The Morgan fingerprint density at radius 3 is 2.15 bits per heavy atom. The van der Waals surface area contributed by atoms with Crippen LogP contribution in [0.1, 0.15) is 0 Å². The number of fused-ring (bicyclic) bond motifs is 1. The summed E-state index contributed by atoms with van der Waals surface area (Å²) in [6, 6.07) is 25.4. The van der Waals surface area contributed by atoms with Gasteiger partial charge >= 0.3 is 0 Å². The Kier molecular flexibility index (Phi) is 4.13. The second-order valence-electron chi connectivity index (χ2n) is 6.20. The van der Waals surface area contributed by atoms with E-state index in [2.05, 4.69) is 0 Å². The smallest absolute Gasteiger partial charge is 0.147 e. The fourth-order valence-corrected chi connectivity index (χ4v) is 3.28. The van der Waals surface area contributed by atoms with Gasteiger partial charge in [-0.25, -0.2) is 8.78 Å². The molecule has 3 heteroatoms. The molecule has 0 aromatic heterocycles. The van der Waals surface area contributed by atoms with Crippen LogP contribution in [0.3, 0.4) is 0 Å². The number of hydrogen-bond acceptors (Lipinski definition) is 1. The minimum absolute atomic E-state index is 0.332. The average Bonchev–Trinajstić information content (AvgIpc) is 2.67. The van der Waals surface area contributed by atoms with E-state index < -0.39 is 0 Å². The minimum atomic E-state index is -0.388. The summed E-state index contributed by atoms with van der Waals surface area (Å²) in [6.07, 6.45) is 0. The molecule has 0 unspecified atom stereocenters. The van der Waals surface area contributed by atoms with Crippen molar-refractivity contribution in [2.75, 3.05) is 11.9 Å². The quantitative estimate of drug-likeness (QED) is 0.407. The van der Waals surface area contributed by atoms with Gasteiger partial charge in [-0.05, 0) is 46.2 Å². The summed E-state index contributed by atoms with van der Waals surface area (Å²) < 4.78 is 28.9. The van der Waals surface area contributed by atoms with Crippen molar-refractivity contribution in [2.45, 2.75) is 0 Å². The Labute approximate surface area is 151 Å². The molecule has 128 valence electrons. The molecular weight excluding hydrogens is 328 g/mol. The van der Waals surface area contributed by atoms with E-state index in [0.717, 1.165) is 21.9 Å². The van der Waals surface area contributed by atoms with Crippen LogP contribution >= 0.6 is 0 Å². The van der Waals surface area contributed by atoms with E-state index in [1.807, 2.05) is 48.5 Å². The van der Waals surface area contributed by atoms with Crippen LogP contribution in [0.4, 0.5) is 20.2 Å². The van der Waals surface area contributed by atoms with Crippen LogP contribution in [0.25, 0.3) is 21.9 Å². The summed E-state index contributed by atoms with van der Waals surface area (Å²) in [4.78, 5) is 1.53. The van der Waals surface area contributed by atoms with Gasteiger partial charge in [0.05, 0.1) is 11.4 Å². The van der Waals surface area contributed by atoms with Crippen LogP contribution in [-0.2, 0) is 0 Å². The van der Waals surface area contributed by atoms with Crippen LogP contribution in [-0.4, -0.2) is 7.05 Å². The molecule has 0 bridgehead atoms. The average molecular weight is 345 g/mol. The van der Waals surface area contributed by atoms with Gasteiger partial charge in [-0.2, -0.15) is 0 Å². The lowest BCUT2D eigenvalue weighted by Gasteiger charge is -2.21. The van der Waals surface area contributed by atoms with Crippen LogP contribution in [0.5, 0.6) is 0 Å². The first kappa shape index (κ1) is 16.3. The van der Waals surface area contributed by atoms with Gasteiger partial charge in [0, 0.05) is 7.05 Å². The second-order valence-corrected chi connectivity index (χ2v) is 6.20. The number of rotatable bonds is 3. The van der Waals surface area contributed by atoms with Crippen molar-refractivity contribution in [1.29, 1.82) is 0 Å². The van der Waals surface area contributed by atoms with E-state index in [0.29, 0.717) is 11.4 Å². The summed E-state index contributed by atoms with van der Waals surface area (Å²) in [6.45, 7) is 0. The van der Waals surface area contributed by atoms with Gasteiger partial charge in [0.1, 0.15) is 11.6 Å². The van der Waals surface area contributed by atoms with Crippen molar-refractivity contribution in [3.63, 3.8) is 0 Å². The molecule has 0 aliphatic carbocycles. The molecule has 0 saturated heterocycles. The molecule has 0 atom stereocenters. The molecule has 4 rings (SSSR count). The summed E-state index contributed by atoms with van der Waals surface area (Å²) in [5.41, 5.74) is 2.44. The summed E-state index contributed by atoms with van der Waals surface area (Å²) in [5, 5.41) is 2.18. The highest BCUT2D eigenvalue weighted by Gasteiger charge is 2.14. The van der Waals surface area contributed by atoms with Crippen LogP contribution in [0, 0.1) is 11.6 Å². The Balaban J connectivity index is 1.78. The highest BCUT2D eigenvalue weighted by Crippen LogP contribution is 2.33. The molecule has 0 aliphatic heterocycles. The molecular formula is C23H17F2N. The first-order valence-corrected chi connectivity index (χ1v) is 8.41. The molecule has 4 aromatic rings. The van der Waals surface area contributed by atoms with Gasteiger partial charge in [-0.1, -0.05) is 60.7 Å². The lowest BCUT2D eigenvalue weighted by atomic mass is 9.98. The van der Waals surface area contributed by atoms with Gasteiger partial charge in [0.25, 0.3) is 0 Å². The topological polar surface area (TPSA) is 3.24 Å². The summed E-state index contributed by atoms with van der Waals surface area (Å²) in [7, 11) is 1.66. The molecule has 0 amide bonds. The zero-order chi connectivity index (χ0) is 18.1. The number of para-hydroxylation sites is 1. The van der Waals surface area contributed by atoms with Gasteiger partial charge < -0.3 is 4.90 Å². The largest absolute Gasteiger partial charge is 0.340 e. The first-order chi connectivity index (χ1) is 12.6. The monoisotopic (exact) mass is 345 g/mol. The molecule has 0 spiro atoms. The third-order valence-corrected chi connectivity index (χ3v) is 4.62. The molecule has 0 fully saturated rings. The number of hydrogen-bond donors (Lipinski definition) is 0. The van der Waals surface area contributed by atoms with Gasteiger partial charge in [0.2, 0.25) is 0 Å². The SMILES string of the molecule is CN(c1ccccc1F)c1ccc(-c2cccc3ccccc23)cc1F. The van der Waals surface area contributed by atoms with E-state index in [1.165, 1.54) is 17.0 Å². The number of halogens is 2. The van der Waals surface area contributed by atoms with E-state index >= 15 is 0 Å². The molecule has 1 nitrogen and oxygen atoms in total. The zero-order valence-electron chi connectivity index (χ0n) is 14.3. The lowest BCUT2D eigenvalue weighted by molar-refractivity contribution is 0.618. The van der Waals surface area contributed by atoms with Crippen LogP contribution in [0.15, 0.2) is 84.9 Å². The van der Waals surface area contributed by atoms with Crippen molar-refractivity contribution < 1.29 is 8.78 Å². The number of benzene rings is 4. The molecule has 4 aromatic carbocycles. The number of nitrogens with zero attached hydrogens (tertiary/aromatic N) is 1. The third-order valence-electron chi connectivity index (χ3n) is 4.62. The van der Waals surface area contributed by atoms with E-state index in [4.69, 9.17) is 0 Å². The van der Waals surface area contributed by atoms with Gasteiger partial charge in [-0.3, -0.25) is 0 Å². The minimum Gasteiger partial charge on any atom is -0.340 e. The molecule has 0 N–H and O–H groups in total. The normalized spacial score (nSPS) is 10.9. The fraction of sp³-hybridized carbons (Fsp3) is 0.0435. The van der Waals surface area contributed by atoms with Crippen LogP contribution < -0.4 is 4.90 Å². The Hall–Kier alpha value is -3.20. The zero-order valence-corrected chi connectivity index (χ0v) is 14.3. The molecule has 0 saturated carbocycles. The number of anilines is 2. The van der Waals surface area contributed by atoms with Crippen molar-refractivity contribution in [1.82, 2.24) is 0 Å². The maximum Gasteiger partial charge on any atom is 0.147 e. The van der Waals surface area contributed by atoms with Gasteiger partial charge in [0.15, 0.2) is 0 Å². The van der Waals surface area contributed by atoms with Crippen LogP contribution in [0.2, 0.25) is 0 Å². The van der Waals surface area contributed by atoms with E-state index in [1.54, 1.807) is 31.3 Å². The predicted octanol–water partition coefficient (Wildman–Crippen LogP) is 6.55. The van der Waals surface area contributed by atoms with E-state index in [-0.39, 0.29) is 11.6 Å². The Morgan fingerprint density at radius 1 is 0.654 bits per heavy atom. The second kappa shape index (κ2) is 6.60. The molecule has 0 aliphatic rings. The Morgan fingerprint density at radius 2 is 1.35 bits per heavy atom. The highest BCUT2D eigenvalue weighted by molar-refractivity contribution is 5.96. The van der Waals surface area contributed by atoms with Crippen molar-refractivity contribution in [2.24, 2.45) is 0 Å². The first-order valence-electron chi connectivity index (χ1n) is 8.41. The maximum atomic E-state index is 14.8. The van der Waals surface area contributed by atoms with Gasteiger partial charge in [-0.15, -0.1) is 0 Å². The van der Waals surface area contributed by atoms with E-state index in [9.17, 15) is 8.78 Å². The maximum absolute atomic E-state index is 14.8. The van der Waals surface area contributed by atoms with Crippen molar-refractivity contribution >= 4 is 22.1 Å². The summed E-state index contributed by atoms with van der Waals surface area (Å²) >= 11 is 0. The molecule has 0 heterocycles. The van der Waals surface area contributed by atoms with Crippen molar-refractivity contribution in [3.8, 4) is 11.1 Å². The Bertz CT molecular complexity index is 1080. The van der Waals surface area contributed by atoms with Crippen molar-refractivity contribution in [3.05, 3.63) is 96.6 Å². The fourth-order valence-electron chi connectivity index (χ4n) is 3.28. The lowest BCUT2D eigenvalue weighted by Crippen LogP contribution is -2.12. The summed E-state index contributed by atoms with van der Waals surface area (Å²) in [5.74, 6) is -0.770. The molecule has 26 heavy (non-hydrogen) atoms. The predicted molar refractivity (Wildman–Crippen MR) is 104 cm³/mol. The third kappa shape index (κ3) is 2.82.